The van der Waals surface area contributed by atoms with Gasteiger partial charge in [0.25, 0.3) is 10.0 Å². The maximum absolute atomic E-state index is 12.7. The van der Waals surface area contributed by atoms with Crippen molar-refractivity contribution < 1.29 is 23.0 Å². The first-order chi connectivity index (χ1) is 13.9. The predicted octanol–water partition coefficient (Wildman–Crippen LogP) is 3.90. The van der Waals surface area contributed by atoms with E-state index < -0.39 is 16.1 Å². The van der Waals surface area contributed by atoms with Crippen LogP contribution in [0.1, 0.15) is 29.2 Å². The lowest BCUT2D eigenvalue weighted by molar-refractivity contribution is 0.172. The fourth-order valence-electron chi connectivity index (χ4n) is 3.06. The summed E-state index contributed by atoms with van der Waals surface area (Å²) in [7, 11) is -3.62. The molecule has 0 radical (unpaired) electrons. The summed E-state index contributed by atoms with van der Waals surface area (Å²) in [6.07, 6.45) is 6.36. The van der Waals surface area contributed by atoms with E-state index in [4.69, 9.17) is 9.47 Å². The van der Waals surface area contributed by atoms with Crippen molar-refractivity contribution >= 4 is 16.1 Å². The maximum atomic E-state index is 12.7. The molecule has 7 heteroatoms. The number of nitrogens with zero attached hydrogens (tertiary/aromatic N) is 1. The van der Waals surface area contributed by atoms with Crippen LogP contribution in [-0.4, -0.2) is 24.3 Å². The van der Waals surface area contributed by atoms with Gasteiger partial charge in [0.1, 0.15) is 0 Å². The molecule has 2 heterocycles. The number of fused-ring (bicyclic) bond motifs is 1. The van der Waals surface area contributed by atoms with Crippen LogP contribution in [0.2, 0.25) is 0 Å². The van der Waals surface area contributed by atoms with E-state index >= 15 is 0 Å². The van der Waals surface area contributed by atoms with Crippen molar-refractivity contribution in [2.75, 3.05) is 6.79 Å². The predicted molar refractivity (Wildman–Crippen MR) is 109 cm³/mol. The molecule has 0 aliphatic carbocycles. The average molecular weight is 411 g/mol. The molecule has 1 aliphatic rings. The zero-order chi connectivity index (χ0) is 20.4. The Labute approximate surface area is 169 Å². The first-order valence-corrected chi connectivity index (χ1v) is 10.6. The number of benzene rings is 2. The van der Waals surface area contributed by atoms with E-state index in [1.165, 1.54) is 10.2 Å². The summed E-state index contributed by atoms with van der Waals surface area (Å²) >= 11 is 0. The SMILES string of the molecule is Cc1ccc(S(=O)(=O)n2ccc(/C=C/CC(O)c3ccc4c(c3)OCO4)c2)cc1. The van der Waals surface area contributed by atoms with Crippen molar-refractivity contribution in [1.29, 1.82) is 0 Å². The molecular weight excluding hydrogens is 390 g/mol. The Balaban J connectivity index is 1.43. The number of ether oxygens (including phenoxy) is 2. The van der Waals surface area contributed by atoms with E-state index in [9.17, 15) is 13.5 Å². The first kappa shape index (κ1) is 19.3. The average Bonchev–Trinajstić information content (AvgIpc) is 3.37. The number of hydrogen-bond acceptors (Lipinski definition) is 5. The number of aliphatic hydroxyl groups is 1. The standard InChI is InChI=1S/C22H21NO5S/c1-16-5-8-19(9-6-16)29(25,26)23-12-11-17(14-23)3-2-4-20(24)18-7-10-21-22(13-18)28-15-27-21/h2-3,5-14,20,24H,4,15H2,1H3/b3-2+. The summed E-state index contributed by atoms with van der Waals surface area (Å²) in [6, 6.07) is 13.8. The molecule has 4 rings (SSSR count). The highest BCUT2D eigenvalue weighted by molar-refractivity contribution is 7.90. The number of aliphatic hydroxyl groups excluding tert-OH is 1. The Morgan fingerprint density at radius 3 is 2.66 bits per heavy atom. The van der Waals surface area contributed by atoms with Crippen molar-refractivity contribution in [3.05, 3.63) is 83.7 Å². The molecule has 1 aromatic heterocycles. The molecule has 0 saturated carbocycles. The van der Waals surface area contributed by atoms with Crippen molar-refractivity contribution in [1.82, 2.24) is 3.97 Å². The van der Waals surface area contributed by atoms with Crippen LogP contribution in [0.25, 0.3) is 6.08 Å². The second-order valence-electron chi connectivity index (χ2n) is 6.86. The molecule has 3 aromatic rings. The number of aromatic nitrogens is 1. The van der Waals surface area contributed by atoms with Gasteiger partial charge in [-0.3, -0.25) is 0 Å². The van der Waals surface area contributed by atoms with E-state index in [2.05, 4.69) is 0 Å². The highest BCUT2D eigenvalue weighted by Gasteiger charge is 2.17. The molecular formula is C22H21NO5S. The highest BCUT2D eigenvalue weighted by Crippen LogP contribution is 2.34. The Morgan fingerprint density at radius 2 is 1.86 bits per heavy atom. The van der Waals surface area contributed by atoms with Gasteiger partial charge in [0.15, 0.2) is 11.5 Å². The van der Waals surface area contributed by atoms with Crippen LogP contribution in [0.5, 0.6) is 11.5 Å². The lowest BCUT2D eigenvalue weighted by atomic mass is 10.1. The van der Waals surface area contributed by atoms with Gasteiger partial charge in [-0.05, 0) is 54.8 Å². The summed E-state index contributed by atoms with van der Waals surface area (Å²) < 4.78 is 37.2. The summed E-state index contributed by atoms with van der Waals surface area (Å²) in [5.41, 5.74) is 2.47. The third kappa shape index (κ3) is 4.06. The van der Waals surface area contributed by atoms with Crippen molar-refractivity contribution in [3.63, 3.8) is 0 Å². The number of hydrogen-bond donors (Lipinski definition) is 1. The molecule has 1 atom stereocenters. The van der Waals surface area contributed by atoms with E-state index in [1.807, 2.05) is 13.0 Å². The zero-order valence-electron chi connectivity index (χ0n) is 15.9. The maximum Gasteiger partial charge on any atom is 0.267 e. The first-order valence-electron chi connectivity index (χ1n) is 9.18. The molecule has 150 valence electrons. The third-order valence-electron chi connectivity index (χ3n) is 4.74. The second kappa shape index (κ2) is 7.77. The van der Waals surface area contributed by atoms with Crippen LogP contribution in [0.3, 0.4) is 0 Å². The van der Waals surface area contributed by atoms with Gasteiger partial charge in [-0.1, -0.05) is 35.9 Å². The second-order valence-corrected chi connectivity index (χ2v) is 8.70. The van der Waals surface area contributed by atoms with Crippen LogP contribution in [0.4, 0.5) is 0 Å². The fraction of sp³-hybridized carbons (Fsp3) is 0.182. The van der Waals surface area contributed by atoms with E-state index in [0.717, 1.165) is 16.7 Å². The normalized spacial score (nSPS) is 14.4. The van der Waals surface area contributed by atoms with Gasteiger partial charge >= 0.3 is 0 Å². The molecule has 1 unspecified atom stereocenters. The van der Waals surface area contributed by atoms with Gasteiger partial charge in [0.05, 0.1) is 11.0 Å². The van der Waals surface area contributed by atoms with Gasteiger partial charge < -0.3 is 14.6 Å². The summed E-state index contributed by atoms with van der Waals surface area (Å²) in [5, 5.41) is 10.4. The molecule has 1 N–H and O–H groups in total. The molecule has 0 fully saturated rings. The summed E-state index contributed by atoms with van der Waals surface area (Å²) in [6.45, 7) is 2.10. The quantitative estimate of drug-likeness (QED) is 0.666. The van der Waals surface area contributed by atoms with Gasteiger partial charge in [-0.15, -0.1) is 0 Å². The molecule has 29 heavy (non-hydrogen) atoms. The lowest BCUT2D eigenvalue weighted by Crippen LogP contribution is -2.10. The molecule has 0 spiro atoms. The lowest BCUT2D eigenvalue weighted by Gasteiger charge is -2.09. The molecule has 2 aromatic carbocycles. The number of aryl methyl sites for hydroxylation is 1. The molecule has 6 nitrogen and oxygen atoms in total. The van der Waals surface area contributed by atoms with Crippen molar-refractivity contribution in [2.24, 2.45) is 0 Å². The van der Waals surface area contributed by atoms with E-state index in [-0.39, 0.29) is 11.7 Å². The number of rotatable bonds is 6. The summed E-state index contributed by atoms with van der Waals surface area (Å²) in [4.78, 5) is 0.243. The highest BCUT2D eigenvalue weighted by atomic mass is 32.2. The zero-order valence-corrected chi connectivity index (χ0v) is 16.7. The summed E-state index contributed by atoms with van der Waals surface area (Å²) in [5.74, 6) is 1.30. The van der Waals surface area contributed by atoms with Gasteiger partial charge in [0, 0.05) is 12.4 Å². The Kier molecular flexibility index (Phi) is 5.17. The van der Waals surface area contributed by atoms with Crippen molar-refractivity contribution in [3.8, 4) is 11.5 Å². The van der Waals surface area contributed by atoms with Gasteiger partial charge in [-0.25, -0.2) is 12.4 Å². The van der Waals surface area contributed by atoms with Crippen LogP contribution in [0, 0.1) is 6.92 Å². The Bertz CT molecular complexity index is 1150. The monoisotopic (exact) mass is 411 g/mol. The van der Waals surface area contributed by atoms with E-state index in [0.29, 0.717) is 17.9 Å². The van der Waals surface area contributed by atoms with Crippen LogP contribution >= 0.6 is 0 Å². The largest absolute Gasteiger partial charge is 0.454 e. The smallest absolute Gasteiger partial charge is 0.267 e. The van der Waals surface area contributed by atoms with Crippen LogP contribution < -0.4 is 9.47 Å². The Hall–Kier alpha value is -3.03. The van der Waals surface area contributed by atoms with Crippen molar-refractivity contribution in [2.45, 2.75) is 24.3 Å². The van der Waals surface area contributed by atoms with Crippen LogP contribution in [0.15, 0.2) is 71.9 Å². The topological polar surface area (TPSA) is 77.8 Å². The van der Waals surface area contributed by atoms with Gasteiger partial charge in [-0.2, -0.15) is 0 Å². The Morgan fingerprint density at radius 1 is 1.10 bits per heavy atom. The minimum Gasteiger partial charge on any atom is -0.454 e. The van der Waals surface area contributed by atoms with Gasteiger partial charge in [0.2, 0.25) is 6.79 Å². The van der Waals surface area contributed by atoms with Crippen LogP contribution in [-0.2, 0) is 10.0 Å². The van der Waals surface area contributed by atoms with E-state index in [1.54, 1.807) is 60.8 Å². The molecule has 0 bridgehead atoms. The fourth-order valence-corrected chi connectivity index (χ4v) is 4.27. The minimum absolute atomic E-state index is 0.192. The third-order valence-corrected chi connectivity index (χ3v) is 6.39. The molecule has 0 amide bonds. The molecule has 1 aliphatic heterocycles. The minimum atomic E-state index is -3.62. The molecule has 0 saturated heterocycles.